The van der Waals surface area contributed by atoms with Crippen LogP contribution in [0.15, 0.2) is 18.2 Å². The Morgan fingerprint density at radius 2 is 1.95 bits per heavy atom. The minimum Gasteiger partial charge on any atom is -0.480 e. The number of rotatable bonds is 4. The van der Waals surface area contributed by atoms with Crippen molar-refractivity contribution in [1.82, 2.24) is 5.32 Å². The van der Waals surface area contributed by atoms with Crippen LogP contribution in [-0.4, -0.2) is 23.1 Å². The van der Waals surface area contributed by atoms with Gasteiger partial charge in [-0.3, -0.25) is 0 Å². The fraction of sp³-hybridized carbons (Fsp3) is 0.385. The second-order valence-electron chi connectivity index (χ2n) is 4.62. The average molecular weight is 268 g/mol. The lowest BCUT2D eigenvalue weighted by Gasteiger charge is -2.18. The number of hydrogen-bond donors (Lipinski definition) is 3. The van der Waals surface area contributed by atoms with Gasteiger partial charge in [-0.25, -0.2) is 14.0 Å². The van der Waals surface area contributed by atoms with Crippen LogP contribution >= 0.6 is 0 Å². The zero-order chi connectivity index (χ0) is 14.6. The van der Waals surface area contributed by atoms with Crippen molar-refractivity contribution in [2.24, 2.45) is 5.92 Å². The maximum atomic E-state index is 13.3. The number of benzene rings is 1. The third kappa shape index (κ3) is 4.24. The Hall–Kier alpha value is -2.11. The van der Waals surface area contributed by atoms with Gasteiger partial charge in [-0.1, -0.05) is 19.9 Å². The summed E-state index contributed by atoms with van der Waals surface area (Å²) in [5.41, 5.74) is 0.741. The summed E-state index contributed by atoms with van der Waals surface area (Å²) in [5, 5.41) is 13.7. The van der Waals surface area contributed by atoms with E-state index in [0.717, 1.165) is 0 Å². The molecule has 6 heteroatoms. The molecular formula is C13H17FN2O3. The number of urea groups is 1. The highest BCUT2D eigenvalue weighted by Crippen LogP contribution is 2.13. The van der Waals surface area contributed by atoms with Crippen LogP contribution in [0.5, 0.6) is 0 Å². The summed E-state index contributed by atoms with van der Waals surface area (Å²) in [4.78, 5) is 22.5. The minimum atomic E-state index is -1.11. The van der Waals surface area contributed by atoms with Gasteiger partial charge in [0.15, 0.2) is 0 Å². The predicted octanol–water partition coefficient (Wildman–Crippen LogP) is 2.36. The summed E-state index contributed by atoms with van der Waals surface area (Å²) < 4.78 is 13.3. The lowest BCUT2D eigenvalue weighted by atomic mass is 10.1. The molecule has 3 N–H and O–H groups in total. The van der Waals surface area contributed by atoms with Gasteiger partial charge < -0.3 is 15.7 Å². The standard InChI is InChI=1S/C13H17FN2O3/c1-7(2)11(12(17)18)16-13(19)15-9-5-4-8(3)10(14)6-9/h4-7,11H,1-3H3,(H,17,18)(H2,15,16,19)/t11-/m1/s1. The molecule has 0 aromatic heterocycles. The van der Waals surface area contributed by atoms with Crippen molar-refractivity contribution >= 4 is 17.7 Å². The number of carboxylic acid groups (broad SMARTS) is 1. The maximum absolute atomic E-state index is 13.3. The molecule has 2 amide bonds. The van der Waals surface area contributed by atoms with E-state index in [4.69, 9.17) is 5.11 Å². The van der Waals surface area contributed by atoms with Gasteiger partial charge in [0.25, 0.3) is 0 Å². The molecule has 19 heavy (non-hydrogen) atoms. The van der Waals surface area contributed by atoms with Crippen LogP contribution in [0, 0.1) is 18.7 Å². The van der Waals surface area contributed by atoms with E-state index >= 15 is 0 Å². The summed E-state index contributed by atoms with van der Waals surface area (Å²) in [5.74, 6) is -1.80. The number of carboxylic acids is 1. The summed E-state index contributed by atoms with van der Waals surface area (Å²) >= 11 is 0. The van der Waals surface area contributed by atoms with Gasteiger partial charge in [-0.05, 0) is 30.5 Å². The quantitative estimate of drug-likeness (QED) is 0.784. The average Bonchev–Trinajstić information content (AvgIpc) is 2.30. The van der Waals surface area contributed by atoms with Crippen LogP contribution in [0.25, 0.3) is 0 Å². The molecule has 1 rings (SSSR count). The molecule has 0 radical (unpaired) electrons. The van der Waals surface area contributed by atoms with Crippen LogP contribution < -0.4 is 10.6 Å². The smallest absolute Gasteiger partial charge is 0.326 e. The van der Waals surface area contributed by atoms with Crippen molar-refractivity contribution in [2.45, 2.75) is 26.8 Å². The first-order chi connectivity index (χ1) is 8.81. The summed E-state index contributed by atoms with van der Waals surface area (Å²) in [6, 6.07) is 2.59. The molecular weight excluding hydrogens is 251 g/mol. The van der Waals surface area contributed by atoms with Crippen LogP contribution in [0.3, 0.4) is 0 Å². The van der Waals surface area contributed by atoms with Gasteiger partial charge in [0.05, 0.1) is 0 Å². The Morgan fingerprint density at radius 3 is 2.42 bits per heavy atom. The fourth-order valence-corrected chi connectivity index (χ4v) is 1.49. The van der Waals surface area contributed by atoms with E-state index in [1.807, 2.05) is 0 Å². The van der Waals surface area contributed by atoms with E-state index in [-0.39, 0.29) is 11.6 Å². The summed E-state index contributed by atoms with van der Waals surface area (Å²) in [6.45, 7) is 4.98. The molecule has 0 spiro atoms. The number of carbonyl (C=O) groups excluding carboxylic acids is 1. The first-order valence-corrected chi connectivity index (χ1v) is 5.87. The molecule has 0 aliphatic rings. The number of halogens is 1. The Morgan fingerprint density at radius 1 is 1.32 bits per heavy atom. The van der Waals surface area contributed by atoms with Crippen molar-refractivity contribution < 1.29 is 19.1 Å². The van der Waals surface area contributed by atoms with E-state index < -0.39 is 23.9 Å². The lowest BCUT2D eigenvalue weighted by molar-refractivity contribution is -0.140. The molecule has 0 bridgehead atoms. The van der Waals surface area contributed by atoms with E-state index in [2.05, 4.69) is 10.6 Å². The number of anilines is 1. The first kappa shape index (κ1) is 14.9. The zero-order valence-electron chi connectivity index (χ0n) is 11.0. The van der Waals surface area contributed by atoms with E-state index in [1.54, 1.807) is 26.8 Å². The molecule has 0 aliphatic carbocycles. The minimum absolute atomic E-state index is 0.252. The summed E-state index contributed by atoms with van der Waals surface area (Å²) in [6.07, 6.45) is 0. The predicted molar refractivity (Wildman–Crippen MR) is 69.6 cm³/mol. The highest BCUT2D eigenvalue weighted by Gasteiger charge is 2.23. The van der Waals surface area contributed by atoms with E-state index in [9.17, 15) is 14.0 Å². The second kappa shape index (κ2) is 6.17. The van der Waals surface area contributed by atoms with E-state index in [1.165, 1.54) is 12.1 Å². The molecule has 1 aromatic carbocycles. The molecule has 0 aliphatic heterocycles. The van der Waals surface area contributed by atoms with Crippen molar-refractivity contribution in [3.63, 3.8) is 0 Å². The highest BCUT2D eigenvalue weighted by atomic mass is 19.1. The van der Waals surface area contributed by atoms with E-state index in [0.29, 0.717) is 5.56 Å². The summed E-state index contributed by atoms with van der Waals surface area (Å²) in [7, 11) is 0. The normalized spacial score (nSPS) is 12.1. The molecule has 0 saturated carbocycles. The van der Waals surface area contributed by atoms with Gasteiger partial charge in [0.1, 0.15) is 11.9 Å². The number of hydrogen-bond acceptors (Lipinski definition) is 2. The van der Waals surface area contributed by atoms with Crippen LogP contribution in [0.2, 0.25) is 0 Å². The third-order valence-electron chi connectivity index (χ3n) is 2.65. The molecule has 0 heterocycles. The van der Waals surface area contributed by atoms with Crippen LogP contribution in [-0.2, 0) is 4.79 Å². The lowest BCUT2D eigenvalue weighted by Crippen LogP contribution is -2.46. The van der Waals surface area contributed by atoms with Crippen molar-refractivity contribution in [3.05, 3.63) is 29.6 Å². The molecule has 0 saturated heterocycles. The number of carbonyl (C=O) groups is 2. The third-order valence-corrected chi connectivity index (χ3v) is 2.65. The number of aliphatic carboxylic acids is 1. The number of amides is 2. The molecule has 0 unspecified atom stereocenters. The van der Waals surface area contributed by atoms with Crippen molar-refractivity contribution in [1.29, 1.82) is 0 Å². The Balaban J connectivity index is 2.69. The molecule has 104 valence electrons. The van der Waals surface area contributed by atoms with Crippen molar-refractivity contribution in [2.75, 3.05) is 5.32 Å². The number of nitrogens with one attached hydrogen (secondary N) is 2. The molecule has 5 nitrogen and oxygen atoms in total. The zero-order valence-corrected chi connectivity index (χ0v) is 11.0. The fourth-order valence-electron chi connectivity index (χ4n) is 1.49. The molecule has 1 atom stereocenters. The Bertz CT molecular complexity index is 489. The molecule has 0 fully saturated rings. The van der Waals surface area contributed by atoms with Crippen LogP contribution in [0.1, 0.15) is 19.4 Å². The van der Waals surface area contributed by atoms with Gasteiger partial charge in [0.2, 0.25) is 0 Å². The SMILES string of the molecule is Cc1ccc(NC(=O)N[C@@H](C(=O)O)C(C)C)cc1F. The van der Waals surface area contributed by atoms with Crippen molar-refractivity contribution in [3.8, 4) is 0 Å². The Labute approximate surface area is 110 Å². The van der Waals surface area contributed by atoms with Crippen LogP contribution in [0.4, 0.5) is 14.9 Å². The van der Waals surface area contributed by atoms with Gasteiger partial charge in [0, 0.05) is 5.69 Å². The maximum Gasteiger partial charge on any atom is 0.326 e. The second-order valence-corrected chi connectivity index (χ2v) is 4.62. The topological polar surface area (TPSA) is 78.4 Å². The first-order valence-electron chi connectivity index (χ1n) is 5.87. The van der Waals surface area contributed by atoms with Gasteiger partial charge >= 0.3 is 12.0 Å². The largest absolute Gasteiger partial charge is 0.480 e. The molecule has 1 aromatic rings. The van der Waals surface area contributed by atoms with Gasteiger partial charge in [-0.15, -0.1) is 0 Å². The number of aryl methyl sites for hydroxylation is 1. The highest BCUT2D eigenvalue weighted by molar-refractivity contribution is 5.92. The monoisotopic (exact) mass is 268 g/mol. The van der Waals surface area contributed by atoms with Gasteiger partial charge in [-0.2, -0.15) is 0 Å². The Kier molecular flexibility index (Phi) is 4.86.